The maximum Gasteiger partial charge on any atom is 0.418 e. The monoisotopic (exact) mass is 527 g/mol. The minimum atomic E-state index is -4.59. The molecule has 1 aliphatic rings. The van der Waals surface area contributed by atoms with Crippen LogP contribution in [0.4, 0.5) is 13.2 Å². The van der Waals surface area contributed by atoms with Crippen molar-refractivity contribution < 1.29 is 13.2 Å². The minimum absolute atomic E-state index is 0.000872. The first-order valence-corrected chi connectivity index (χ1v) is 13.3. The number of hydrogen-bond donors (Lipinski definition) is 0. The molecular weight excluding hydrogens is 501 g/mol. The lowest BCUT2D eigenvalue weighted by Crippen LogP contribution is -2.37. The molecule has 187 valence electrons. The normalized spacial score (nSPS) is 20.2. The van der Waals surface area contributed by atoms with Gasteiger partial charge in [0, 0.05) is 53.2 Å². The van der Waals surface area contributed by atoms with E-state index in [-0.39, 0.29) is 11.4 Å². The van der Waals surface area contributed by atoms with E-state index in [0.717, 1.165) is 34.5 Å². The number of likely N-dealkylation sites (tertiary alicyclic amines) is 1. The molecule has 0 aliphatic carbocycles. The molecule has 0 bridgehead atoms. The van der Waals surface area contributed by atoms with Crippen LogP contribution in [0.5, 0.6) is 0 Å². The van der Waals surface area contributed by atoms with Gasteiger partial charge in [-0.3, -0.25) is 13.9 Å². The third kappa shape index (κ3) is 4.81. The molecule has 10 heteroatoms. The molecule has 3 atom stereocenters. The summed E-state index contributed by atoms with van der Waals surface area (Å²) in [5.74, 6) is 0.394. The van der Waals surface area contributed by atoms with Gasteiger partial charge in [-0.25, -0.2) is 9.78 Å². The largest absolute Gasteiger partial charge is 0.418 e. The van der Waals surface area contributed by atoms with Crippen LogP contribution in [-0.4, -0.2) is 42.2 Å². The Morgan fingerprint density at radius 1 is 1.25 bits per heavy atom. The highest BCUT2D eigenvalue weighted by molar-refractivity contribution is 7.09. The van der Waals surface area contributed by atoms with Gasteiger partial charge in [-0.1, -0.05) is 26.0 Å². The third-order valence-corrected chi connectivity index (χ3v) is 8.81. The smallest absolute Gasteiger partial charge is 0.299 e. The first-order chi connectivity index (χ1) is 17.1. The SMILES string of the molecule is C[C@@H](c1cccc(-n2cc3c(C(F)(F)F)cc(CN4CCC([Si])[C@H](C)C4)cn3c2=O)c1)c1nccs1. The van der Waals surface area contributed by atoms with Gasteiger partial charge >= 0.3 is 11.9 Å². The summed E-state index contributed by atoms with van der Waals surface area (Å²) in [6.07, 6.45) is 0.927. The fourth-order valence-corrected chi connectivity index (χ4v) is 5.87. The van der Waals surface area contributed by atoms with Gasteiger partial charge in [0.05, 0.1) is 21.8 Å². The molecule has 0 saturated carbocycles. The Labute approximate surface area is 214 Å². The van der Waals surface area contributed by atoms with Crippen LogP contribution < -0.4 is 5.69 Å². The Morgan fingerprint density at radius 3 is 2.75 bits per heavy atom. The van der Waals surface area contributed by atoms with Crippen molar-refractivity contribution in [3.05, 3.63) is 86.5 Å². The molecule has 3 radical (unpaired) electrons. The summed E-state index contributed by atoms with van der Waals surface area (Å²) in [4.78, 5) is 19.9. The summed E-state index contributed by atoms with van der Waals surface area (Å²) < 4.78 is 44.8. The summed E-state index contributed by atoms with van der Waals surface area (Å²) in [6, 6.07) is 8.51. The maximum atomic E-state index is 14.1. The van der Waals surface area contributed by atoms with Crippen LogP contribution >= 0.6 is 11.3 Å². The lowest BCUT2D eigenvalue weighted by molar-refractivity contribution is -0.136. The second kappa shape index (κ2) is 9.64. The molecule has 1 saturated heterocycles. The molecule has 4 heterocycles. The number of halogens is 3. The number of hydrogen-bond acceptors (Lipinski definition) is 4. The Bertz CT molecular complexity index is 1430. The van der Waals surface area contributed by atoms with Gasteiger partial charge in [0.2, 0.25) is 0 Å². The van der Waals surface area contributed by atoms with E-state index in [2.05, 4.69) is 27.1 Å². The predicted octanol–water partition coefficient (Wildman–Crippen LogP) is 5.52. The molecule has 0 spiro atoms. The standard InChI is InChI=1S/C26H26F3N4OSSi/c1-16-12-31(8-6-23(16)36)13-18-10-21(26(27,28)29)22-15-32(25(34)33(22)14-18)20-5-3-4-19(11-20)17(2)24-30-7-9-35-24/h3-5,7,9-11,14-17,23H,6,8,12-13H2,1-2H3/t16-,17+,23?/m1/s1. The molecule has 1 unspecified atom stereocenters. The number of aromatic nitrogens is 3. The zero-order chi connectivity index (χ0) is 25.6. The average molecular weight is 528 g/mol. The molecule has 5 nitrogen and oxygen atoms in total. The van der Waals surface area contributed by atoms with Gasteiger partial charge in [-0.05, 0) is 53.8 Å². The molecule has 0 amide bonds. The van der Waals surface area contributed by atoms with E-state index in [1.165, 1.54) is 28.2 Å². The number of piperidine rings is 1. The van der Waals surface area contributed by atoms with E-state index >= 15 is 0 Å². The number of alkyl halides is 3. The van der Waals surface area contributed by atoms with Gasteiger partial charge in [0.25, 0.3) is 0 Å². The summed E-state index contributed by atoms with van der Waals surface area (Å²) in [5, 5.41) is 2.84. The minimum Gasteiger partial charge on any atom is -0.299 e. The van der Waals surface area contributed by atoms with Crippen LogP contribution in [0.15, 0.2) is 59.1 Å². The summed E-state index contributed by atoms with van der Waals surface area (Å²) in [7, 11) is 3.72. The van der Waals surface area contributed by atoms with Gasteiger partial charge in [0.15, 0.2) is 0 Å². The average Bonchev–Trinajstić information content (AvgIpc) is 3.49. The highest BCUT2D eigenvalue weighted by Gasteiger charge is 2.35. The number of imidazole rings is 1. The van der Waals surface area contributed by atoms with E-state index in [1.54, 1.807) is 18.5 Å². The fraction of sp³-hybridized carbons (Fsp3) is 0.385. The lowest BCUT2D eigenvalue weighted by atomic mass is 9.99. The van der Waals surface area contributed by atoms with Crippen molar-refractivity contribution in [3.8, 4) is 5.69 Å². The fourth-order valence-electron chi connectivity index (χ4n) is 4.91. The third-order valence-electron chi connectivity index (χ3n) is 6.99. The zero-order valence-corrected chi connectivity index (χ0v) is 21.8. The molecule has 36 heavy (non-hydrogen) atoms. The topological polar surface area (TPSA) is 42.5 Å². The van der Waals surface area contributed by atoms with Crippen molar-refractivity contribution in [2.75, 3.05) is 13.1 Å². The summed E-state index contributed by atoms with van der Waals surface area (Å²) >= 11 is 1.54. The van der Waals surface area contributed by atoms with Crippen LogP contribution in [0.25, 0.3) is 11.2 Å². The maximum absolute atomic E-state index is 14.1. The van der Waals surface area contributed by atoms with E-state index < -0.39 is 17.4 Å². The highest BCUT2D eigenvalue weighted by Crippen LogP contribution is 2.34. The van der Waals surface area contributed by atoms with Gasteiger partial charge in [-0.15, -0.1) is 11.3 Å². The van der Waals surface area contributed by atoms with Crippen LogP contribution in [0.3, 0.4) is 0 Å². The summed E-state index contributed by atoms with van der Waals surface area (Å²) in [6.45, 7) is 6.08. The second-order valence-corrected chi connectivity index (χ2v) is 11.3. The van der Waals surface area contributed by atoms with Crippen molar-refractivity contribution in [1.82, 2.24) is 18.9 Å². The number of thiazole rings is 1. The number of rotatable bonds is 5. The quantitative estimate of drug-likeness (QED) is 0.321. The van der Waals surface area contributed by atoms with Gasteiger partial charge in [-0.2, -0.15) is 13.2 Å². The van der Waals surface area contributed by atoms with E-state index in [9.17, 15) is 18.0 Å². The van der Waals surface area contributed by atoms with E-state index in [4.69, 9.17) is 0 Å². The molecule has 1 aliphatic heterocycles. The second-order valence-electron chi connectivity index (χ2n) is 9.59. The van der Waals surface area contributed by atoms with E-state index in [0.29, 0.717) is 29.3 Å². The zero-order valence-electron chi connectivity index (χ0n) is 20.0. The molecular formula is C26H26F3N4OSSi. The van der Waals surface area contributed by atoms with Crippen molar-refractivity contribution in [1.29, 1.82) is 0 Å². The van der Waals surface area contributed by atoms with Crippen LogP contribution in [0, 0.1) is 5.92 Å². The van der Waals surface area contributed by atoms with Crippen molar-refractivity contribution >= 4 is 27.1 Å². The first-order valence-electron chi connectivity index (χ1n) is 11.9. The Kier molecular flexibility index (Phi) is 6.69. The molecule has 5 rings (SSSR count). The number of fused-ring (bicyclic) bond motifs is 1. The number of pyridine rings is 1. The van der Waals surface area contributed by atoms with Crippen LogP contribution in [-0.2, 0) is 12.7 Å². The molecule has 3 aromatic heterocycles. The Hall–Kier alpha value is -2.69. The van der Waals surface area contributed by atoms with Crippen molar-refractivity contribution in [2.24, 2.45) is 5.92 Å². The summed E-state index contributed by atoms with van der Waals surface area (Å²) in [5.41, 5.74) is 0.857. The first kappa shape index (κ1) is 25.0. The van der Waals surface area contributed by atoms with Gasteiger partial charge < -0.3 is 0 Å². The van der Waals surface area contributed by atoms with Crippen molar-refractivity contribution in [3.63, 3.8) is 0 Å². The Balaban J connectivity index is 1.56. The molecule has 0 N–H and O–H groups in total. The van der Waals surface area contributed by atoms with Crippen LogP contribution in [0.1, 0.15) is 47.9 Å². The van der Waals surface area contributed by atoms with Gasteiger partial charge in [0.1, 0.15) is 0 Å². The Morgan fingerprint density at radius 2 is 2.06 bits per heavy atom. The molecule has 4 aromatic rings. The van der Waals surface area contributed by atoms with E-state index in [1.807, 2.05) is 30.5 Å². The predicted molar refractivity (Wildman–Crippen MR) is 136 cm³/mol. The lowest BCUT2D eigenvalue weighted by Gasteiger charge is -2.35. The van der Waals surface area contributed by atoms with Crippen LogP contribution in [0.2, 0.25) is 5.54 Å². The highest BCUT2D eigenvalue weighted by atomic mass is 32.1. The molecule has 1 fully saturated rings. The van der Waals surface area contributed by atoms with Crippen molar-refractivity contribution in [2.45, 2.75) is 44.4 Å². The molecule has 1 aromatic carbocycles. The number of benzene rings is 1. The number of nitrogens with zero attached hydrogens (tertiary/aromatic N) is 4.